The zero-order valence-electron chi connectivity index (χ0n) is 11.2. The monoisotopic (exact) mass is 320 g/mol. The molecule has 3 nitrogen and oxygen atoms in total. The molecule has 0 heterocycles. The number of nitrogens with one attached hydrogen (secondary N) is 2. The number of hydrogen-bond donors (Lipinski definition) is 2. The van der Waals surface area contributed by atoms with Gasteiger partial charge in [0.1, 0.15) is 0 Å². The predicted octanol–water partition coefficient (Wildman–Crippen LogP) is 5.09. The van der Waals surface area contributed by atoms with Crippen LogP contribution in [-0.2, 0) is 4.79 Å². The summed E-state index contributed by atoms with van der Waals surface area (Å²) in [5.41, 5.74) is 2.59. The average molecular weight is 321 g/mol. The Morgan fingerprint density at radius 1 is 0.905 bits per heavy atom. The first-order valence-electron chi connectivity index (χ1n) is 6.75. The van der Waals surface area contributed by atoms with Gasteiger partial charge in [-0.05, 0) is 55.3 Å². The van der Waals surface area contributed by atoms with Gasteiger partial charge in [0.25, 0.3) is 0 Å². The lowest BCUT2D eigenvalue weighted by Gasteiger charge is -2.09. The third-order valence-electron chi connectivity index (χ3n) is 3.31. The molecule has 3 rings (SSSR count). The molecule has 108 valence electrons. The number of benzene rings is 2. The molecule has 1 aliphatic rings. The van der Waals surface area contributed by atoms with Crippen LogP contribution in [0.25, 0.3) is 0 Å². The Balaban J connectivity index is 1.65. The van der Waals surface area contributed by atoms with Crippen LogP contribution < -0.4 is 10.6 Å². The molecule has 0 aliphatic heterocycles. The van der Waals surface area contributed by atoms with E-state index in [0.29, 0.717) is 10.0 Å². The van der Waals surface area contributed by atoms with Crippen molar-refractivity contribution >= 4 is 46.2 Å². The highest BCUT2D eigenvalue weighted by molar-refractivity contribution is 6.42. The number of anilines is 3. The van der Waals surface area contributed by atoms with Gasteiger partial charge in [-0.15, -0.1) is 0 Å². The van der Waals surface area contributed by atoms with Crippen LogP contribution in [0, 0.1) is 5.92 Å². The van der Waals surface area contributed by atoms with Crippen molar-refractivity contribution in [3.63, 3.8) is 0 Å². The van der Waals surface area contributed by atoms with Gasteiger partial charge in [-0.3, -0.25) is 4.79 Å². The van der Waals surface area contributed by atoms with Crippen molar-refractivity contribution in [1.29, 1.82) is 0 Å². The predicted molar refractivity (Wildman–Crippen MR) is 87.5 cm³/mol. The molecule has 2 aromatic rings. The van der Waals surface area contributed by atoms with Gasteiger partial charge in [-0.25, -0.2) is 0 Å². The van der Waals surface area contributed by atoms with Crippen LogP contribution in [0.1, 0.15) is 12.8 Å². The lowest BCUT2D eigenvalue weighted by molar-refractivity contribution is -0.117. The maximum atomic E-state index is 11.7. The molecule has 0 atom stereocenters. The first-order chi connectivity index (χ1) is 10.1. The third kappa shape index (κ3) is 3.69. The summed E-state index contributed by atoms with van der Waals surface area (Å²) in [6.45, 7) is 0. The van der Waals surface area contributed by atoms with Gasteiger partial charge >= 0.3 is 0 Å². The maximum absolute atomic E-state index is 11.7. The lowest BCUT2D eigenvalue weighted by atomic mass is 10.2. The van der Waals surface area contributed by atoms with Crippen LogP contribution >= 0.6 is 23.2 Å². The fourth-order valence-corrected chi connectivity index (χ4v) is 2.27. The molecular formula is C16H14Cl2N2O. The molecule has 0 unspecified atom stereocenters. The molecule has 1 saturated carbocycles. The normalized spacial score (nSPS) is 13.8. The van der Waals surface area contributed by atoms with Gasteiger partial charge in [0.2, 0.25) is 5.91 Å². The van der Waals surface area contributed by atoms with E-state index >= 15 is 0 Å². The van der Waals surface area contributed by atoms with Crippen molar-refractivity contribution in [2.45, 2.75) is 12.8 Å². The Morgan fingerprint density at radius 3 is 2.14 bits per heavy atom. The second-order valence-electron chi connectivity index (χ2n) is 5.09. The Kier molecular flexibility index (Phi) is 4.04. The zero-order chi connectivity index (χ0) is 14.8. The topological polar surface area (TPSA) is 41.1 Å². The molecule has 2 aromatic carbocycles. The molecule has 1 aliphatic carbocycles. The largest absolute Gasteiger partial charge is 0.355 e. The molecule has 0 saturated heterocycles. The summed E-state index contributed by atoms with van der Waals surface area (Å²) in [6.07, 6.45) is 2.01. The molecule has 0 radical (unpaired) electrons. The highest BCUT2D eigenvalue weighted by atomic mass is 35.5. The minimum Gasteiger partial charge on any atom is -0.355 e. The summed E-state index contributed by atoms with van der Waals surface area (Å²) in [5, 5.41) is 7.18. The minimum atomic E-state index is 0.111. The fraction of sp³-hybridized carbons (Fsp3) is 0.188. The third-order valence-corrected chi connectivity index (χ3v) is 4.05. The van der Waals surface area contributed by atoms with Gasteiger partial charge in [-0.2, -0.15) is 0 Å². The minimum absolute atomic E-state index is 0.111. The lowest BCUT2D eigenvalue weighted by Crippen LogP contribution is -2.13. The number of carbonyl (C=O) groups is 1. The highest BCUT2D eigenvalue weighted by Gasteiger charge is 2.29. The Bertz CT molecular complexity index is 666. The fourth-order valence-electron chi connectivity index (χ4n) is 1.97. The molecule has 1 fully saturated rings. The van der Waals surface area contributed by atoms with Crippen molar-refractivity contribution in [1.82, 2.24) is 0 Å². The zero-order valence-corrected chi connectivity index (χ0v) is 12.7. The Hall–Kier alpha value is -1.71. The van der Waals surface area contributed by atoms with Crippen LogP contribution in [0.2, 0.25) is 10.0 Å². The van der Waals surface area contributed by atoms with Crippen LogP contribution in [0.3, 0.4) is 0 Å². The van der Waals surface area contributed by atoms with Crippen LogP contribution in [-0.4, -0.2) is 5.91 Å². The SMILES string of the molecule is O=C(Nc1ccc(Nc2ccc(Cl)c(Cl)c2)cc1)C1CC1. The van der Waals surface area contributed by atoms with Crippen LogP contribution in [0.15, 0.2) is 42.5 Å². The van der Waals surface area contributed by atoms with E-state index in [0.717, 1.165) is 29.9 Å². The number of carbonyl (C=O) groups excluding carboxylic acids is 1. The first-order valence-corrected chi connectivity index (χ1v) is 7.50. The van der Waals surface area contributed by atoms with E-state index in [9.17, 15) is 4.79 Å². The molecular weight excluding hydrogens is 307 g/mol. The summed E-state index contributed by atoms with van der Waals surface area (Å²) in [6, 6.07) is 12.9. The van der Waals surface area contributed by atoms with E-state index in [1.54, 1.807) is 12.1 Å². The molecule has 2 N–H and O–H groups in total. The molecule has 0 aromatic heterocycles. The summed E-state index contributed by atoms with van der Waals surface area (Å²) < 4.78 is 0. The molecule has 1 amide bonds. The Morgan fingerprint density at radius 2 is 1.52 bits per heavy atom. The molecule has 5 heteroatoms. The molecule has 21 heavy (non-hydrogen) atoms. The van der Waals surface area contributed by atoms with E-state index in [4.69, 9.17) is 23.2 Å². The quantitative estimate of drug-likeness (QED) is 0.824. The maximum Gasteiger partial charge on any atom is 0.227 e. The van der Waals surface area contributed by atoms with E-state index in [2.05, 4.69) is 10.6 Å². The van der Waals surface area contributed by atoms with Gasteiger partial charge in [0, 0.05) is 23.0 Å². The highest BCUT2D eigenvalue weighted by Crippen LogP contribution is 2.30. The second kappa shape index (κ2) is 5.96. The first kappa shape index (κ1) is 14.2. The number of halogens is 2. The van der Waals surface area contributed by atoms with E-state index in [1.165, 1.54) is 0 Å². The van der Waals surface area contributed by atoms with Crippen molar-refractivity contribution in [3.05, 3.63) is 52.5 Å². The van der Waals surface area contributed by atoms with E-state index < -0.39 is 0 Å². The second-order valence-corrected chi connectivity index (χ2v) is 5.91. The molecule has 0 spiro atoms. The van der Waals surface area contributed by atoms with Crippen LogP contribution in [0.5, 0.6) is 0 Å². The van der Waals surface area contributed by atoms with Crippen molar-refractivity contribution in [2.24, 2.45) is 5.92 Å². The summed E-state index contributed by atoms with van der Waals surface area (Å²) in [7, 11) is 0. The van der Waals surface area contributed by atoms with Gasteiger partial charge in [0.15, 0.2) is 0 Å². The van der Waals surface area contributed by atoms with Crippen molar-refractivity contribution in [2.75, 3.05) is 10.6 Å². The smallest absolute Gasteiger partial charge is 0.227 e. The van der Waals surface area contributed by atoms with E-state index in [-0.39, 0.29) is 11.8 Å². The van der Waals surface area contributed by atoms with E-state index in [1.807, 2.05) is 30.3 Å². The van der Waals surface area contributed by atoms with Gasteiger partial charge < -0.3 is 10.6 Å². The summed E-state index contributed by atoms with van der Waals surface area (Å²) in [4.78, 5) is 11.7. The summed E-state index contributed by atoms with van der Waals surface area (Å²) >= 11 is 11.9. The van der Waals surface area contributed by atoms with Gasteiger partial charge in [0.05, 0.1) is 10.0 Å². The summed E-state index contributed by atoms with van der Waals surface area (Å²) in [5.74, 6) is 0.319. The van der Waals surface area contributed by atoms with Crippen molar-refractivity contribution in [3.8, 4) is 0 Å². The number of amides is 1. The van der Waals surface area contributed by atoms with Crippen molar-refractivity contribution < 1.29 is 4.79 Å². The molecule has 0 bridgehead atoms. The number of rotatable bonds is 4. The average Bonchev–Trinajstić information content (AvgIpc) is 3.30. The Labute approximate surface area is 133 Å². The van der Waals surface area contributed by atoms with Crippen LogP contribution in [0.4, 0.5) is 17.1 Å². The standard InChI is InChI=1S/C16H14Cl2N2O/c17-14-8-7-13(9-15(14)18)19-11-3-5-12(6-4-11)20-16(21)10-1-2-10/h3-10,19H,1-2H2,(H,20,21). The van der Waals surface area contributed by atoms with Gasteiger partial charge in [-0.1, -0.05) is 23.2 Å². The number of hydrogen-bond acceptors (Lipinski definition) is 2.